The molecule has 37 heavy (non-hydrogen) atoms. The van der Waals surface area contributed by atoms with Crippen molar-refractivity contribution in [2.45, 2.75) is 24.3 Å². The van der Waals surface area contributed by atoms with Crippen LogP contribution in [0.3, 0.4) is 0 Å². The summed E-state index contributed by atoms with van der Waals surface area (Å²) in [5.74, 6) is -0.697. The van der Waals surface area contributed by atoms with Crippen molar-refractivity contribution in [1.82, 2.24) is 10.3 Å². The molecule has 1 fully saturated rings. The van der Waals surface area contributed by atoms with Gasteiger partial charge in [0.15, 0.2) is 0 Å². The van der Waals surface area contributed by atoms with Crippen molar-refractivity contribution in [2.24, 2.45) is 5.10 Å². The molecule has 1 aliphatic heterocycles. The normalized spacial score (nSPS) is 14.1. The Labute approximate surface area is 215 Å². The summed E-state index contributed by atoms with van der Waals surface area (Å²) < 4.78 is 27.6. The van der Waals surface area contributed by atoms with E-state index < -0.39 is 33.1 Å². The third-order valence-corrected chi connectivity index (χ3v) is 7.76. The number of hydrogen-bond acceptors (Lipinski definition) is 7. The predicted octanol–water partition coefficient (Wildman–Crippen LogP) is 3.56. The number of benzene rings is 3. The second kappa shape index (κ2) is 11.8. The predicted molar refractivity (Wildman–Crippen MR) is 141 cm³/mol. The summed E-state index contributed by atoms with van der Waals surface area (Å²) in [6.45, 7) is 1.74. The first-order valence-corrected chi connectivity index (χ1v) is 13.2. The van der Waals surface area contributed by atoms with Crippen LogP contribution in [-0.4, -0.2) is 49.5 Å². The summed E-state index contributed by atoms with van der Waals surface area (Å²) in [7, 11) is -4.27. The lowest BCUT2D eigenvalue weighted by atomic mass is 10.1. The number of likely N-dealkylation sites (tertiary alicyclic amines) is 1. The molecule has 0 saturated carbocycles. The summed E-state index contributed by atoms with van der Waals surface area (Å²) in [6.07, 6.45) is 1.34. The number of carbonyl (C=O) groups excluding carboxylic acids is 1. The van der Waals surface area contributed by atoms with Crippen molar-refractivity contribution < 1.29 is 18.1 Å². The molecule has 0 aliphatic carbocycles. The average Bonchev–Trinajstić information content (AvgIpc) is 2.92. The van der Waals surface area contributed by atoms with E-state index in [9.17, 15) is 23.3 Å². The van der Waals surface area contributed by atoms with E-state index in [0.717, 1.165) is 29.7 Å². The standard InChI is InChI=1S/C26H27N5O5S/c32-26(28-27-22-15-17-29(18-16-22)19-21-9-3-1-4-10-21)20-30(24-13-7-8-14-25(24)31(33)34)37(35,36)23-11-5-2-6-12-23/h1-14H,15-20H2,(H,28,32). The monoisotopic (exact) mass is 521 g/mol. The second-order valence-corrected chi connectivity index (χ2v) is 10.4. The van der Waals surface area contributed by atoms with E-state index in [0.29, 0.717) is 12.8 Å². The number of piperidine rings is 1. The number of nitro groups is 1. The average molecular weight is 522 g/mol. The third-order valence-electron chi connectivity index (χ3n) is 5.99. The number of anilines is 1. The van der Waals surface area contributed by atoms with Crippen LogP contribution >= 0.6 is 0 Å². The largest absolute Gasteiger partial charge is 0.298 e. The van der Waals surface area contributed by atoms with E-state index >= 15 is 0 Å². The van der Waals surface area contributed by atoms with Crippen LogP contribution in [-0.2, 0) is 21.4 Å². The molecule has 0 aromatic heterocycles. The zero-order chi connectivity index (χ0) is 26.3. The number of hydrogen-bond donors (Lipinski definition) is 1. The molecule has 1 amide bonds. The molecule has 0 atom stereocenters. The molecule has 1 heterocycles. The molecule has 3 aromatic carbocycles. The topological polar surface area (TPSA) is 125 Å². The number of sulfonamides is 1. The van der Waals surface area contributed by atoms with Crippen molar-refractivity contribution in [3.05, 3.63) is 101 Å². The van der Waals surface area contributed by atoms with Crippen LogP contribution in [0, 0.1) is 10.1 Å². The van der Waals surface area contributed by atoms with Crippen molar-refractivity contribution >= 4 is 33.0 Å². The highest BCUT2D eigenvalue weighted by Crippen LogP contribution is 2.31. The molecule has 0 unspecified atom stereocenters. The lowest BCUT2D eigenvalue weighted by Gasteiger charge is -2.27. The Bertz CT molecular complexity index is 1370. The Kier molecular flexibility index (Phi) is 8.26. The van der Waals surface area contributed by atoms with Crippen LogP contribution in [0.25, 0.3) is 0 Å². The molecule has 10 nitrogen and oxygen atoms in total. The van der Waals surface area contributed by atoms with Gasteiger partial charge in [0.05, 0.1) is 9.82 Å². The van der Waals surface area contributed by atoms with Crippen molar-refractivity contribution in [3.8, 4) is 0 Å². The molecular formula is C26H27N5O5S. The fourth-order valence-electron chi connectivity index (χ4n) is 4.08. The van der Waals surface area contributed by atoms with Gasteiger partial charge in [0.25, 0.3) is 21.6 Å². The van der Waals surface area contributed by atoms with Crippen LogP contribution in [0.1, 0.15) is 18.4 Å². The molecule has 4 rings (SSSR count). The molecule has 3 aromatic rings. The number of carbonyl (C=O) groups is 1. The van der Waals surface area contributed by atoms with Gasteiger partial charge in [0.1, 0.15) is 12.2 Å². The summed E-state index contributed by atoms with van der Waals surface area (Å²) in [4.78, 5) is 26.0. The van der Waals surface area contributed by atoms with Crippen molar-refractivity contribution in [2.75, 3.05) is 23.9 Å². The van der Waals surface area contributed by atoms with Gasteiger partial charge in [0, 0.05) is 44.3 Å². The van der Waals surface area contributed by atoms with Gasteiger partial charge in [-0.15, -0.1) is 0 Å². The Hall–Kier alpha value is -4.09. The van der Waals surface area contributed by atoms with E-state index in [1.54, 1.807) is 18.2 Å². The molecule has 0 radical (unpaired) electrons. The summed E-state index contributed by atoms with van der Waals surface area (Å²) in [6, 6.07) is 23.1. The van der Waals surface area contributed by atoms with Crippen LogP contribution in [0.5, 0.6) is 0 Å². The molecule has 0 spiro atoms. The lowest BCUT2D eigenvalue weighted by molar-refractivity contribution is -0.384. The summed E-state index contributed by atoms with van der Waals surface area (Å²) >= 11 is 0. The quantitative estimate of drug-likeness (QED) is 0.339. The first-order valence-electron chi connectivity index (χ1n) is 11.8. The number of nitro benzene ring substituents is 1. The maximum Gasteiger partial charge on any atom is 0.293 e. The SMILES string of the molecule is O=C(CN(c1ccccc1[N+](=O)[O-])S(=O)(=O)c1ccccc1)NN=C1CCN(Cc2ccccc2)CC1. The van der Waals surface area contributed by atoms with Crippen LogP contribution in [0.2, 0.25) is 0 Å². The fourth-order valence-corrected chi connectivity index (χ4v) is 5.53. The zero-order valence-corrected chi connectivity index (χ0v) is 20.9. The molecular weight excluding hydrogens is 494 g/mol. The summed E-state index contributed by atoms with van der Waals surface area (Å²) in [5, 5.41) is 15.8. The van der Waals surface area contributed by atoms with E-state index in [2.05, 4.69) is 27.6 Å². The van der Waals surface area contributed by atoms with E-state index in [4.69, 9.17) is 0 Å². The molecule has 11 heteroatoms. The number of para-hydroxylation sites is 2. The van der Waals surface area contributed by atoms with Gasteiger partial charge in [-0.2, -0.15) is 5.10 Å². The Morgan fingerprint density at radius 1 is 0.946 bits per heavy atom. The van der Waals surface area contributed by atoms with Crippen molar-refractivity contribution in [1.29, 1.82) is 0 Å². The lowest BCUT2D eigenvalue weighted by Crippen LogP contribution is -2.40. The minimum atomic E-state index is -4.27. The Balaban J connectivity index is 1.47. The van der Waals surface area contributed by atoms with Gasteiger partial charge in [0.2, 0.25) is 0 Å². The maximum atomic E-state index is 13.4. The number of rotatable bonds is 9. The smallest absolute Gasteiger partial charge is 0.293 e. The van der Waals surface area contributed by atoms with E-state index in [1.165, 1.54) is 42.0 Å². The van der Waals surface area contributed by atoms with Gasteiger partial charge < -0.3 is 0 Å². The second-order valence-electron chi connectivity index (χ2n) is 8.55. The van der Waals surface area contributed by atoms with Gasteiger partial charge in [-0.1, -0.05) is 60.7 Å². The minimum absolute atomic E-state index is 0.0851. The highest BCUT2D eigenvalue weighted by Gasteiger charge is 2.32. The molecule has 1 N–H and O–H groups in total. The zero-order valence-electron chi connectivity index (χ0n) is 20.1. The summed E-state index contributed by atoms with van der Waals surface area (Å²) in [5.41, 5.74) is 3.85. The van der Waals surface area contributed by atoms with Gasteiger partial charge in [-0.3, -0.25) is 19.8 Å². The number of hydrazone groups is 1. The molecule has 1 aliphatic rings. The minimum Gasteiger partial charge on any atom is -0.298 e. The number of amides is 1. The third kappa shape index (κ3) is 6.57. The maximum absolute atomic E-state index is 13.4. The van der Waals surface area contributed by atoms with Crippen LogP contribution in [0.15, 0.2) is 94.9 Å². The van der Waals surface area contributed by atoms with Gasteiger partial charge in [-0.25, -0.2) is 18.1 Å². The first kappa shape index (κ1) is 26.0. The molecule has 0 bridgehead atoms. The van der Waals surface area contributed by atoms with Gasteiger partial charge >= 0.3 is 0 Å². The highest BCUT2D eigenvalue weighted by atomic mass is 32.2. The highest BCUT2D eigenvalue weighted by molar-refractivity contribution is 7.92. The van der Waals surface area contributed by atoms with Crippen molar-refractivity contribution in [3.63, 3.8) is 0 Å². The number of nitrogens with one attached hydrogen (secondary N) is 1. The van der Waals surface area contributed by atoms with E-state index in [-0.39, 0.29) is 10.6 Å². The first-order chi connectivity index (χ1) is 17.8. The Morgan fingerprint density at radius 3 is 2.19 bits per heavy atom. The van der Waals surface area contributed by atoms with Gasteiger partial charge in [-0.05, 0) is 23.8 Å². The number of nitrogens with zero attached hydrogens (tertiary/aromatic N) is 4. The Morgan fingerprint density at radius 2 is 1.54 bits per heavy atom. The van der Waals surface area contributed by atoms with E-state index in [1.807, 2.05) is 18.2 Å². The molecule has 1 saturated heterocycles. The van der Waals surface area contributed by atoms with Crippen LogP contribution < -0.4 is 9.73 Å². The fraction of sp³-hybridized carbons (Fsp3) is 0.231. The molecule has 192 valence electrons. The van der Waals surface area contributed by atoms with Crippen LogP contribution in [0.4, 0.5) is 11.4 Å².